The lowest BCUT2D eigenvalue weighted by Gasteiger charge is -2.12. The maximum atomic E-state index is 11.9. The summed E-state index contributed by atoms with van der Waals surface area (Å²) in [5.41, 5.74) is 10.6. The van der Waals surface area contributed by atoms with E-state index in [9.17, 15) is 10.4 Å². The van der Waals surface area contributed by atoms with Crippen LogP contribution in [0.3, 0.4) is 0 Å². The molecule has 0 saturated heterocycles. The van der Waals surface area contributed by atoms with Crippen LogP contribution in [-0.2, 0) is 0 Å². The maximum Gasteiger partial charge on any atom is 0.354 e. The number of fused-ring (bicyclic) bond motifs is 1. The highest BCUT2D eigenvalue weighted by Gasteiger charge is 2.27. The number of amidine groups is 1. The fourth-order valence-corrected chi connectivity index (χ4v) is 1.54. The van der Waals surface area contributed by atoms with Gasteiger partial charge in [-0.25, -0.2) is 4.73 Å². The first kappa shape index (κ1) is 10.7. The van der Waals surface area contributed by atoms with Crippen LogP contribution in [0, 0.1) is 10.4 Å². The monoisotopic (exact) mass is 235 g/mol. The summed E-state index contributed by atoms with van der Waals surface area (Å²) in [6.45, 7) is 0. The van der Waals surface area contributed by atoms with Crippen molar-refractivity contribution in [3.05, 3.63) is 40.4 Å². The molecule has 1 aromatic heterocycles. The number of nitrogens with zero attached hydrogens (tertiary/aromatic N) is 3. The van der Waals surface area contributed by atoms with E-state index in [0.29, 0.717) is 9.46 Å². The zero-order chi connectivity index (χ0) is 12.6. The molecular weight excluding hydrogens is 226 g/mol. The second-order valence-corrected chi connectivity index (χ2v) is 3.30. The van der Waals surface area contributed by atoms with Gasteiger partial charge in [0.1, 0.15) is 0 Å². The number of nitrogens with two attached hydrogens (primary N) is 2. The number of hydrogen-bond donors (Lipinski definition) is 3. The van der Waals surface area contributed by atoms with E-state index in [0.717, 1.165) is 0 Å². The molecule has 0 aliphatic carbocycles. The zero-order valence-corrected chi connectivity index (χ0v) is 8.57. The largest absolute Gasteiger partial charge is 0.710 e. The maximum absolute atomic E-state index is 11.9. The lowest BCUT2D eigenvalue weighted by Crippen LogP contribution is -2.47. The van der Waals surface area contributed by atoms with Crippen LogP contribution in [0.5, 0.6) is 0 Å². The third-order valence-corrected chi connectivity index (χ3v) is 2.33. The predicted octanol–water partition coefficient (Wildman–Crippen LogP) is -1.22. The number of rotatable bonds is 1. The Labute approximate surface area is 95.2 Å². The standard InChI is InChI=1S/C9H9N5O3/c10-8(12-15)7-9(11)14(17)6-4-2-1-3-5(6)13(7)16/h1-4,15H,11H2,(H2,10,12). The van der Waals surface area contributed by atoms with Gasteiger partial charge in [0.25, 0.3) is 5.52 Å². The first-order valence-electron chi connectivity index (χ1n) is 4.59. The highest BCUT2D eigenvalue weighted by molar-refractivity contribution is 5.97. The van der Waals surface area contributed by atoms with E-state index in [-0.39, 0.29) is 16.7 Å². The van der Waals surface area contributed by atoms with E-state index < -0.39 is 11.7 Å². The van der Waals surface area contributed by atoms with E-state index in [1.165, 1.54) is 12.1 Å². The van der Waals surface area contributed by atoms with Crippen molar-refractivity contribution in [3.8, 4) is 0 Å². The van der Waals surface area contributed by atoms with Gasteiger partial charge in [-0.3, -0.25) is 5.73 Å². The zero-order valence-electron chi connectivity index (χ0n) is 8.57. The van der Waals surface area contributed by atoms with Crippen LogP contribution in [0.1, 0.15) is 5.69 Å². The molecule has 0 atom stereocenters. The van der Waals surface area contributed by atoms with E-state index in [1.54, 1.807) is 12.1 Å². The number of nitrogen functional groups attached to an aromatic ring is 1. The first-order valence-corrected chi connectivity index (χ1v) is 4.59. The van der Waals surface area contributed by atoms with Gasteiger partial charge in [0.2, 0.25) is 11.4 Å². The molecule has 2 rings (SSSR count). The van der Waals surface area contributed by atoms with Gasteiger partial charge in [-0.2, -0.15) is 4.73 Å². The first-order chi connectivity index (χ1) is 8.07. The lowest BCUT2D eigenvalue weighted by molar-refractivity contribution is -0.619. The van der Waals surface area contributed by atoms with Gasteiger partial charge in [0.05, 0.1) is 0 Å². The summed E-state index contributed by atoms with van der Waals surface area (Å²) in [6.07, 6.45) is 0. The van der Waals surface area contributed by atoms with E-state index in [2.05, 4.69) is 5.16 Å². The summed E-state index contributed by atoms with van der Waals surface area (Å²) in [4.78, 5) is 0. The average molecular weight is 235 g/mol. The molecule has 5 N–H and O–H groups in total. The van der Waals surface area contributed by atoms with Crippen molar-refractivity contribution in [2.24, 2.45) is 10.9 Å². The minimum atomic E-state index is -0.521. The molecule has 0 unspecified atom stereocenters. The van der Waals surface area contributed by atoms with Gasteiger partial charge >= 0.3 is 11.5 Å². The van der Waals surface area contributed by atoms with E-state index >= 15 is 0 Å². The van der Waals surface area contributed by atoms with Crippen molar-refractivity contribution in [3.63, 3.8) is 0 Å². The second kappa shape index (κ2) is 3.67. The molecule has 88 valence electrons. The van der Waals surface area contributed by atoms with Crippen molar-refractivity contribution in [1.82, 2.24) is 0 Å². The topological polar surface area (TPSA) is 139 Å². The number of oxime groups is 1. The van der Waals surface area contributed by atoms with Crippen molar-refractivity contribution >= 4 is 22.7 Å². The molecule has 17 heavy (non-hydrogen) atoms. The summed E-state index contributed by atoms with van der Waals surface area (Å²) in [5.74, 6) is -0.943. The molecule has 0 bridgehead atoms. The lowest BCUT2D eigenvalue weighted by atomic mass is 10.2. The second-order valence-electron chi connectivity index (χ2n) is 3.30. The quantitative estimate of drug-likeness (QED) is 0.142. The summed E-state index contributed by atoms with van der Waals surface area (Å²) in [6, 6.07) is 6.07. The van der Waals surface area contributed by atoms with Gasteiger partial charge in [0.15, 0.2) is 0 Å². The molecule has 8 nitrogen and oxygen atoms in total. The molecule has 0 fully saturated rings. The number of anilines is 1. The Kier molecular flexibility index (Phi) is 2.32. The smallest absolute Gasteiger partial charge is 0.354 e. The molecular formula is C9H9N5O3. The Morgan fingerprint density at radius 1 is 1.18 bits per heavy atom. The van der Waals surface area contributed by atoms with Crippen LogP contribution in [0.25, 0.3) is 11.0 Å². The Bertz CT molecular complexity index is 626. The third-order valence-electron chi connectivity index (χ3n) is 2.33. The SMILES string of the molecule is NC(=NO)c1c(N)[n+]([O-])c2ccccc2[n+]1[O-]. The molecule has 0 saturated carbocycles. The van der Waals surface area contributed by atoms with E-state index in [4.69, 9.17) is 16.7 Å². The Hall–Kier alpha value is -2.77. The molecule has 1 aromatic carbocycles. The fraction of sp³-hybridized carbons (Fsp3) is 0. The highest BCUT2D eigenvalue weighted by Crippen LogP contribution is 2.09. The van der Waals surface area contributed by atoms with Crippen molar-refractivity contribution in [1.29, 1.82) is 0 Å². The summed E-state index contributed by atoms with van der Waals surface area (Å²) in [5, 5.41) is 34.9. The normalized spacial score (nSPS) is 11.9. The third kappa shape index (κ3) is 1.42. The minimum absolute atomic E-state index is 0.0818. The number of aromatic nitrogens is 2. The molecule has 0 aliphatic heterocycles. The van der Waals surface area contributed by atoms with Gasteiger partial charge in [0, 0.05) is 6.07 Å². The van der Waals surface area contributed by atoms with Gasteiger partial charge in [-0.05, 0) is 6.07 Å². The van der Waals surface area contributed by atoms with Crippen LogP contribution >= 0.6 is 0 Å². The summed E-state index contributed by atoms with van der Waals surface area (Å²) >= 11 is 0. The summed E-state index contributed by atoms with van der Waals surface area (Å²) < 4.78 is 0.714. The van der Waals surface area contributed by atoms with Gasteiger partial charge < -0.3 is 21.4 Å². The molecule has 1 heterocycles. The summed E-state index contributed by atoms with van der Waals surface area (Å²) in [7, 11) is 0. The molecule has 8 heteroatoms. The number of benzene rings is 1. The van der Waals surface area contributed by atoms with Crippen molar-refractivity contribution < 1.29 is 14.7 Å². The molecule has 0 amide bonds. The fourth-order valence-electron chi connectivity index (χ4n) is 1.54. The van der Waals surface area contributed by atoms with Crippen LogP contribution in [0.2, 0.25) is 0 Å². The predicted molar refractivity (Wildman–Crippen MR) is 58.8 cm³/mol. The van der Waals surface area contributed by atoms with Crippen molar-refractivity contribution in [2.45, 2.75) is 0 Å². The van der Waals surface area contributed by atoms with Crippen LogP contribution in [0.4, 0.5) is 5.82 Å². The minimum Gasteiger partial charge on any atom is -0.710 e. The molecule has 0 aliphatic rings. The Balaban J connectivity index is 2.96. The highest BCUT2D eigenvalue weighted by atomic mass is 16.5. The molecule has 0 spiro atoms. The van der Waals surface area contributed by atoms with Crippen LogP contribution in [-0.4, -0.2) is 11.0 Å². The van der Waals surface area contributed by atoms with Gasteiger partial charge in [-0.1, -0.05) is 17.3 Å². The average Bonchev–Trinajstić information content (AvgIpc) is 2.36. The Morgan fingerprint density at radius 2 is 1.71 bits per heavy atom. The number of hydrogen-bond acceptors (Lipinski definition) is 5. The number of para-hydroxylation sites is 2. The molecule has 2 aromatic rings. The van der Waals surface area contributed by atoms with Crippen LogP contribution in [0.15, 0.2) is 29.4 Å². The van der Waals surface area contributed by atoms with E-state index in [1.807, 2.05) is 0 Å². The van der Waals surface area contributed by atoms with Crippen LogP contribution < -0.4 is 20.9 Å². The molecule has 0 radical (unpaired) electrons. The Morgan fingerprint density at radius 3 is 2.24 bits per heavy atom. The van der Waals surface area contributed by atoms with Gasteiger partial charge in [-0.15, -0.1) is 0 Å². The van der Waals surface area contributed by atoms with Crippen molar-refractivity contribution in [2.75, 3.05) is 5.73 Å².